The van der Waals surface area contributed by atoms with E-state index < -0.39 is 10.1 Å². The zero-order valence-electron chi connectivity index (χ0n) is 14.8. The maximum Gasteiger partial charge on any atom is 0.265 e. The van der Waals surface area contributed by atoms with Crippen LogP contribution in [0, 0.1) is 5.92 Å². The second-order valence-electron chi connectivity index (χ2n) is 6.73. The van der Waals surface area contributed by atoms with Gasteiger partial charge in [0.2, 0.25) is 0 Å². The molecule has 1 aromatic carbocycles. The first kappa shape index (κ1) is 21.0. The van der Waals surface area contributed by atoms with Gasteiger partial charge in [-0.25, -0.2) is 0 Å². The third-order valence-electron chi connectivity index (χ3n) is 4.44. The average molecular weight is 357 g/mol. The number of rotatable bonds is 13. The Hall–Kier alpha value is -1.07. The summed E-state index contributed by atoms with van der Waals surface area (Å²) in [5.41, 5.74) is 1.08. The lowest BCUT2D eigenvalue weighted by Crippen LogP contribution is -2.16. The van der Waals surface area contributed by atoms with Crippen molar-refractivity contribution in [1.82, 2.24) is 0 Å². The third-order valence-corrected chi connectivity index (χ3v) is 5.33. The molecule has 138 valence electrons. The maximum absolute atomic E-state index is 11.2. The molecule has 0 fully saturated rings. The predicted octanol–water partition coefficient (Wildman–Crippen LogP) is 4.97. The van der Waals surface area contributed by atoms with E-state index in [-0.39, 0.29) is 17.4 Å². The van der Waals surface area contributed by atoms with Crippen molar-refractivity contribution in [2.24, 2.45) is 5.92 Å². The van der Waals surface area contributed by atoms with Gasteiger partial charge in [-0.3, -0.25) is 4.55 Å². The largest absolute Gasteiger partial charge is 0.508 e. The highest BCUT2D eigenvalue weighted by atomic mass is 32.2. The van der Waals surface area contributed by atoms with E-state index in [1.807, 2.05) is 12.1 Å². The van der Waals surface area contributed by atoms with Gasteiger partial charge in [-0.1, -0.05) is 64.0 Å². The summed E-state index contributed by atoms with van der Waals surface area (Å²) in [5, 5.41) is 9.30. The molecule has 0 aliphatic carbocycles. The number of hydrogen-bond acceptors (Lipinski definition) is 3. The number of phenolic OH excluding ortho intramolecular Hbond substituents is 1. The van der Waals surface area contributed by atoms with Crippen LogP contribution in [0.1, 0.15) is 70.3 Å². The number of phenols is 1. The second kappa shape index (κ2) is 11.5. The van der Waals surface area contributed by atoms with Gasteiger partial charge in [0.25, 0.3) is 10.1 Å². The van der Waals surface area contributed by atoms with Crippen molar-refractivity contribution in [2.75, 3.05) is 5.75 Å². The summed E-state index contributed by atoms with van der Waals surface area (Å²) in [5.74, 6) is 0.0711. The molecule has 1 rings (SSSR count). The fourth-order valence-corrected chi connectivity index (χ4v) is 3.96. The molecule has 0 saturated heterocycles. The standard InChI is InChI=1S/C19H32O4S/c1-2-3-4-5-6-7-8-9-18(16-24(21,22)23)11-10-17-12-14-19(20)15-13-17/h12-15,18,20H,2-11,16H2,1H3,(H,21,22,23). The van der Waals surface area contributed by atoms with Gasteiger partial charge in [0.05, 0.1) is 5.75 Å². The highest BCUT2D eigenvalue weighted by molar-refractivity contribution is 7.85. The molecule has 5 heteroatoms. The number of benzene rings is 1. The Bertz CT molecular complexity index is 537. The number of hydrogen-bond donors (Lipinski definition) is 2. The fourth-order valence-electron chi connectivity index (χ4n) is 3.03. The van der Waals surface area contributed by atoms with Crippen LogP contribution in [0.15, 0.2) is 24.3 Å². The first-order valence-corrected chi connectivity index (χ1v) is 10.7. The van der Waals surface area contributed by atoms with Gasteiger partial charge in [0.15, 0.2) is 0 Å². The van der Waals surface area contributed by atoms with Gasteiger partial charge in [-0.05, 0) is 42.9 Å². The SMILES string of the molecule is CCCCCCCCCC(CCc1ccc(O)cc1)CS(=O)(=O)O. The Balaban J connectivity index is 2.36. The molecule has 0 aliphatic rings. The Morgan fingerprint density at radius 3 is 2.08 bits per heavy atom. The minimum atomic E-state index is -3.93. The lowest BCUT2D eigenvalue weighted by Gasteiger charge is -2.15. The van der Waals surface area contributed by atoms with E-state index in [0.717, 1.165) is 37.7 Å². The average Bonchev–Trinajstić information content (AvgIpc) is 2.51. The summed E-state index contributed by atoms with van der Waals surface area (Å²) < 4.78 is 31.6. The minimum absolute atomic E-state index is 0.00977. The van der Waals surface area contributed by atoms with Crippen molar-refractivity contribution in [1.29, 1.82) is 0 Å². The smallest absolute Gasteiger partial charge is 0.265 e. The Labute approximate surface area is 147 Å². The predicted molar refractivity (Wildman–Crippen MR) is 98.9 cm³/mol. The van der Waals surface area contributed by atoms with E-state index in [1.54, 1.807) is 12.1 Å². The summed E-state index contributed by atoms with van der Waals surface area (Å²) in [6.45, 7) is 2.20. The normalized spacial score (nSPS) is 13.1. The van der Waals surface area contributed by atoms with Crippen molar-refractivity contribution in [3.63, 3.8) is 0 Å². The summed E-state index contributed by atoms with van der Waals surface area (Å²) >= 11 is 0. The quantitative estimate of drug-likeness (QED) is 0.386. The van der Waals surface area contributed by atoms with Crippen LogP contribution >= 0.6 is 0 Å². The molecule has 1 aromatic rings. The first-order chi connectivity index (χ1) is 11.4. The molecule has 0 heterocycles. The van der Waals surface area contributed by atoms with Gasteiger partial charge >= 0.3 is 0 Å². The molecule has 0 radical (unpaired) electrons. The minimum Gasteiger partial charge on any atom is -0.508 e. The van der Waals surface area contributed by atoms with Crippen molar-refractivity contribution in [2.45, 2.75) is 71.1 Å². The van der Waals surface area contributed by atoms with E-state index in [9.17, 15) is 13.5 Å². The highest BCUT2D eigenvalue weighted by Crippen LogP contribution is 2.20. The van der Waals surface area contributed by atoms with Gasteiger partial charge in [-0.15, -0.1) is 0 Å². The van der Waals surface area contributed by atoms with Crippen LogP contribution < -0.4 is 0 Å². The molecule has 0 spiro atoms. The van der Waals surface area contributed by atoms with Crippen molar-refractivity contribution < 1.29 is 18.1 Å². The maximum atomic E-state index is 11.2. The Morgan fingerprint density at radius 1 is 0.917 bits per heavy atom. The number of aromatic hydroxyl groups is 1. The Kier molecular flexibility index (Phi) is 10.0. The molecule has 4 nitrogen and oxygen atoms in total. The molecule has 24 heavy (non-hydrogen) atoms. The molecular formula is C19H32O4S. The van der Waals surface area contributed by atoms with E-state index in [4.69, 9.17) is 4.55 Å². The molecule has 1 unspecified atom stereocenters. The van der Waals surface area contributed by atoms with Crippen LogP contribution in [0.2, 0.25) is 0 Å². The first-order valence-electron chi connectivity index (χ1n) is 9.13. The molecule has 0 bridgehead atoms. The summed E-state index contributed by atoms with van der Waals surface area (Å²) in [4.78, 5) is 0. The monoisotopic (exact) mass is 356 g/mol. The van der Waals surface area contributed by atoms with E-state index in [0.29, 0.717) is 0 Å². The van der Waals surface area contributed by atoms with E-state index in [1.165, 1.54) is 32.1 Å². The van der Waals surface area contributed by atoms with Gasteiger partial charge in [0.1, 0.15) is 5.75 Å². The van der Waals surface area contributed by atoms with Gasteiger partial charge < -0.3 is 5.11 Å². The zero-order chi connectivity index (χ0) is 17.8. The lowest BCUT2D eigenvalue weighted by atomic mass is 9.95. The van der Waals surface area contributed by atoms with E-state index >= 15 is 0 Å². The molecule has 0 saturated carbocycles. The van der Waals surface area contributed by atoms with E-state index in [2.05, 4.69) is 6.92 Å². The molecule has 0 aliphatic heterocycles. The van der Waals surface area contributed by atoms with Crippen molar-refractivity contribution in [3.05, 3.63) is 29.8 Å². The van der Waals surface area contributed by atoms with Crippen molar-refractivity contribution >= 4 is 10.1 Å². The molecule has 1 atom stereocenters. The van der Waals surface area contributed by atoms with Crippen LogP contribution in [0.4, 0.5) is 0 Å². The summed E-state index contributed by atoms with van der Waals surface area (Å²) in [7, 11) is -3.93. The highest BCUT2D eigenvalue weighted by Gasteiger charge is 2.16. The Morgan fingerprint density at radius 2 is 1.50 bits per heavy atom. The third kappa shape index (κ3) is 10.7. The molecular weight excluding hydrogens is 324 g/mol. The number of unbranched alkanes of at least 4 members (excludes halogenated alkanes) is 6. The van der Waals surface area contributed by atoms with Crippen LogP contribution in [0.3, 0.4) is 0 Å². The lowest BCUT2D eigenvalue weighted by molar-refractivity contribution is 0.425. The van der Waals surface area contributed by atoms with Crippen LogP contribution in [0.5, 0.6) is 5.75 Å². The molecule has 0 amide bonds. The fraction of sp³-hybridized carbons (Fsp3) is 0.684. The molecule has 2 N–H and O–H groups in total. The van der Waals surface area contributed by atoms with Gasteiger partial charge in [-0.2, -0.15) is 8.42 Å². The number of aryl methyl sites for hydroxylation is 1. The van der Waals surface area contributed by atoms with Gasteiger partial charge in [0, 0.05) is 0 Å². The van der Waals surface area contributed by atoms with Crippen LogP contribution in [-0.4, -0.2) is 23.8 Å². The second-order valence-corrected chi connectivity index (χ2v) is 8.23. The topological polar surface area (TPSA) is 74.6 Å². The molecule has 0 aromatic heterocycles. The van der Waals surface area contributed by atoms with Crippen LogP contribution in [-0.2, 0) is 16.5 Å². The summed E-state index contributed by atoms with van der Waals surface area (Å²) in [6, 6.07) is 6.99. The van der Waals surface area contributed by atoms with Crippen molar-refractivity contribution in [3.8, 4) is 5.75 Å². The van der Waals surface area contributed by atoms with Crippen LogP contribution in [0.25, 0.3) is 0 Å². The summed E-state index contributed by atoms with van der Waals surface area (Å²) in [6.07, 6.45) is 10.8. The zero-order valence-corrected chi connectivity index (χ0v) is 15.6.